The van der Waals surface area contributed by atoms with Gasteiger partial charge >= 0.3 is 0 Å². The molecule has 0 saturated carbocycles. The molecule has 8 nitrogen and oxygen atoms in total. The van der Waals surface area contributed by atoms with Crippen molar-refractivity contribution in [3.63, 3.8) is 0 Å². The summed E-state index contributed by atoms with van der Waals surface area (Å²) in [6, 6.07) is 8.80. The summed E-state index contributed by atoms with van der Waals surface area (Å²) in [6.45, 7) is 0.474. The predicted octanol–water partition coefficient (Wildman–Crippen LogP) is 5.18. The van der Waals surface area contributed by atoms with Gasteiger partial charge in [-0.3, -0.25) is 9.71 Å². The van der Waals surface area contributed by atoms with Crippen LogP contribution in [0, 0.1) is 0 Å². The van der Waals surface area contributed by atoms with Crippen molar-refractivity contribution in [2.75, 3.05) is 17.1 Å². The van der Waals surface area contributed by atoms with Gasteiger partial charge in [-0.05, 0) is 61.1 Å². The molecule has 0 amide bonds. The molecule has 0 bridgehead atoms. The van der Waals surface area contributed by atoms with Gasteiger partial charge in [0, 0.05) is 23.8 Å². The van der Waals surface area contributed by atoms with Crippen molar-refractivity contribution >= 4 is 54.7 Å². The summed E-state index contributed by atoms with van der Waals surface area (Å²) in [6.07, 6.45) is 7.33. The number of methoxy groups -OCH3 is 1. The lowest BCUT2D eigenvalue weighted by Crippen LogP contribution is -2.17. The van der Waals surface area contributed by atoms with E-state index in [1.54, 1.807) is 30.6 Å². The number of sulfonamides is 1. The van der Waals surface area contributed by atoms with Crippen molar-refractivity contribution in [3.8, 4) is 5.75 Å². The molecule has 182 valence electrons. The molecule has 35 heavy (non-hydrogen) atoms. The first-order chi connectivity index (χ1) is 16.9. The summed E-state index contributed by atoms with van der Waals surface area (Å²) in [5.41, 5.74) is 2.68. The minimum absolute atomic E-state index is 0.243. The smallest absolute Gasteiger partial charge is 0.240 e. The standard InChI is InChI=1S/C24H24ClN5O3S2/c1-33-19-7-6-15(12-18(19)25)13-27-23-22-17-4-2-3-5-20(17)34-24(22)29-21(28-23)14-35(31,32)30-16-8-10-26-11-9-16/h6-12H,2-5,13-14H2,1H3,(H,26,30)(H,27,28,29). The van der Waals surface area contributed by atoms with Crippen LogP contribution in [0.4, 0.5) is 11.5 Å². The zero-order chi connectivity index (χ0) is 24.4. The molecule has 0 radical (unpaired) electrons. The molecule has 0 unspecified atom stereocenters. The summed E-state index contributed by atoms with van der Waals surface area (Å²) < 4.78 is 33.5. The zero-order valence-corrected chi connectivity index (χ0v) is 21.4. The van der Waals surface area contributed by atoms with E-state index < -0.39 is 10.0 Å². The molecule has 1 aliphatic carbocycles. The van der Waals surface area contributed by atoms with Crippen molar-refractivity contribution in [2.45, 2.75) is 38.0 Å². The van der Waals surface area contributed by atoms with Crippen LogP contribution in [0.25, 0.3) is 10.2 Å². The summed E-state index contributed by atoms with van der Waals surface area (Å²) in [7, 11) is -2.13. The lowest BCUT2D eigenvalue weighted by Gasteiger charge is -2.14. The summed E-state index contributed by atoms with van der Waals surface area (Å²) in [5.74, 6) is 1.17. The zero-order valence-electron chi connectivity index (χ0n) is 19.0. The Bertz CT molecular complexity index is 1480. The van der Waals surface area contributed by atoms with Crippen molar-refractivity contribution in [3.05, 3.63) is 69.6 Å². The number of nitrogens with zero attached hydrogens (tertiary/aromatic N) is 3. The second-order valence-corrected chi connectivity index (χ2v) is 11.5. The summed E-state index contributed by atoms with van der Waals surface area (Å²) >= 11 is 7.93. The molecular weight excluding hydrogens is 506 g/mol. The minimum Gasteiger partial charge on any atom is -0.495 e. The van der Waals surface area contributed by atoms with E-state index in [2.05, 4.69) is 25.0 Å². The maximum Gasteiger partial charge on any atom is 0.240 e. The van der Waals surface area contributed by atoms with Crippen molar-refractivity contribution in [1.29, 1.82) is 0 Å². The van der Waals surface area contributed by atoms with Gasteiger partial charge in [-0.1, -0.05) is 17.7 Å². The molecule has 1 aromatic carbocycles. The normalized spacial score (nSPS) is 13.4. The number of fused-ring (bicyclic) bond motifs is 3. The van der Waals surface area contributed by atoms with Gasteiger partial charge in [0.1, 0.15) is 28.0 Å². The fraction of sp³-hybridized carbons (Fsp3) is 0.292. The van der Waals surface area contributed by atoms with Crippen LogP contribution in [-0.2, 0) is 35.2 Å². The third-order valence-corrected chi connectivity index (χ3v) is 8.48. The molecule has 0 atom stereocenters. The predicted molar refractivity (Wildman–Crippen MR) is 140 cm³/mol. The number of rotatable bonds is 8. The number of benzene rings is 1. The van der Waals surface area contributed by atoms with Crippen LogP contribution in [0.15, 0.2) is 42.7 Å². The third-order valence-electron chi connectivity index (χ3n) is 5.81. The summed E-state index contributed by atoms with van der Waals surface area (Å²) in [5, 5.41) is 4.94. The van der Waals surface area contributed by atoms with Gasteiger partial charge in [0.15, 0.2) is 0 Å². The maximum atomic E-state index is 12.8. The second-order valence-electron chi connectivity index (χ2n) is 8.30. The van der Waals surface area contributed by atoms with E-state index in [1.165, 1.54) is 22.8 Å². The molecule has 1 aliphatic rings. The van der Waals surface area contributed by atoms with Gasteiger partial charge in [-0.15, -0.1) is 11.3 Å². The molecule has 2 N–H and O–H groups in total. The van der Waals surface area contributed by atoms with Gasteiger partial charge in [0.2, 0.25) is 10.0 Å². The van der Waals surface area contributed by atoms with E-state index in [-0.39, 0.29) is 11.6 Å². The van der Waals surface area contributed by atoms with Gasteiger partial charge < -0.3 is 10.1 Å². The highest BCUT2D eigenvalue weighted by molar-refractivity contribution is 7.91. The van der Waals surface area contributed by atoms with Crippen LogP contribution in [0.3, 0.4) is 0 Å². The molecule has 4 aromatic rings. The Morgan fingerprint density at radius 3 is 2.69 bits per heavy atom. The van der Waals surface area contributed by atoms with Gasteiger partial charge in [0.25, 0.3) is 0 Å². The molecule has 0 aliphatic heterocycles. The Balaban J connectivity index is 1.47. The Morgan fingerprint density at radius 1 is 1.11 bits per heavy atom. The van der Waals surface area contributed by atoms with Crippen molar-refractivity contribution in [1.82, 2.24) is 15.0 Å². The van der Waals surface area contributed by atoms with Crippen LogP contribution in [0.5, 0.6) is 5.75 Å². The molecule has 0 fully saturated rings. The number of aryl methyl sites for hydroxylation is 2. The van der Waals surface area contributed by atoms with E-state index in [0.29, 0.717) is 28.8 Å². The average Bonchev–Trinajstić information content (AvgIpc) is 3.21. The SMILES string of the molecule is COc1ccc(CNc2nc(CS(=O)(=O)Nc3ccncc3)nc3sc4c(c23)CCCC4)cc1Cl. The number of anilines is 2. The highest BCUT2D eigenvalue weighted by Gasteiger charge is 2.23. The van der Waals surface area contributed by atoms with Crippen molar-refractivity contribution in [2.24, 2.45) is 0 Å². The van der Waals surface area contributed by atoms with Gasteiger partial charge in [-0.2, -0.15) is 0 Å². The number of pyridine rings is 1. The van der Waals surface area contributed by atoms with Crippen LogP contribution in [0.2, 0.25) is 5.02 Å². The molecule has 5 rings (SSSR count). The highest BCUT2D eigenvalue weighted by atomic mass is 35.5. The van der Waals surface area contributed by atoms with Crippen LogP contribution >= 0.6 is 22.9 Å². The number of hydrogen-bond donors (Lipinski definition) is 2. The number of thiophene rings is 1. The largest absolute Gasteiger partial charge is 0.495 e. The molecule has 0 spiro atoms. The van der Waals surface area contributed by atoms with Gasteiger partial charge in [0.05, 0.1) is 23.2 Å². The molecule has 3 heterocycles. The lowest BCUT2D eigenvalue weighted by atomic mass is 9.97. The maximum absolute atomic E-state index is 12.8. The number of hydrogen-bond acceptors (Lipinski definition) is 8. The topological polar surface area (TPSA) is 106 Å². The Hall–Kier alpha value is -2.95. The van der Waals surface area contributed by atoms with Crippen LogP contribution in [-0.4, -0.2) is 30.5 Å². The third kappa shape index (κ3) is 5.34. The van der Waals surface area contributed by atoms with E-state index in [0.717, 1.165) is 41.5 Å². The van der Waals surface area contributed by atoms with E-state index in [4.69, 9.17) is 16.3 Å². The molecule has 0 saturated heterocycles. The minimum atomic E-state index is -3.71. The second kappa shape index (κ2) is 9.96. The number of nitrogens with one attached hydrogen (secondary N) is 2. The first kappa shape index (κ1) is 23.8. The first-order valence-electron chi connectivity index (χ1n) is 11.2. The fourth-order valence-electron chi connectivity index (χ4n) is 4.21. The van der Waals surface area contributed by atoms with E-state index in [1.807, 2.05) is 18.2 Å². The average molecular weight is 530 g/mol. The highest BCUT2D eigenvalue weighted by Crippen LogP contribution is 2.39. The van der Waals surface area contributed by atoms with E-state index >= 15 is 0 Å². The first-order valence-corrected chi connectivity index (χ1v) is 14.0. The number of halogens is 1. The monoisotopic (exact) mass is 529 g/mol. The molecular formula is C24H24ClN5O3S2. The molecule has 3 aromatic heterocycles. The number of ether oxygens (including phenoxy) is 1. The summed E-state index contributed by atoms with van der Waals surface area (Å²) in [4.78, 5) is 15.4. The Morgan fingerprint density at radius 2 is 1.91 bits per heavy atom. The lowest BCUT2D eigenvalue weighted by molar-refractivity contribution is 0.415. The quantitative estimate of drug-likeness (QED) is 0.324. The van der Waals surface area contributed by atoms with Crippen molar-refractivity contribution < 1.29 is 13.2 Å². The fourth-order valence-corrected chi connectivity index (χ4v) is 6.80. The van der Waals surface area contributed by atoms with Gasteiger partial charge in [-0.25, -0.2) is 18.4 Å². The van der Waals surface area contributed by atoms with Crippen LogP contribution in [0.1, 0.15) is 34.7 Å². The molecule has 11 heteroatoms. The Kier molecular flexibility index (Phi) is 6.77. The van der Waals surface area contributed by atoms with Crippen LogP contribution < -0.4 is 14.8 Å². The Labute approximate surface area is 212 Å². The number of aromatic nitrogens is 3. The van der Waals surface area contributed by atoms with E-state index in [9.17, 15) is 8.42 Å².